The molecular formula is C15H28N2. The van der Waals surface area contributed by atoms with Crippen LogP contribution in [0.4, 0.5) is 0 Å². The summed E-state index contributed by atoms with van der Waals surface area (Å²) in [7, 11) is 0. The zero-order chi connectivity index (χ0) is 11.8. The Morgan fingerprint density at radius 3 is 2.76 bits per heavy atom. The zero-order valence-electron chi connectivity index (χ0n) is 11.5. The molecule has 3 aliphatic rings. The van der Waals surface area contributed by atoms with Gasteiger partial charge in [0.2, 0.25) is 0 Å². The average Bonchev–Trinajstić information content (AvgIpc) is 3.03. The highest BCUT2D eigenvalue weighted by Crippen LogP contribution is 2.50. The highest BCUT2D eigenvalue weighted by Gasteiger charge is 2.43. The van der Waals surface area contributed by atoms with Gasteiger partial charge < -0.3 is 5.32 Å². The Morgan fingerprint density at radius 1 is 1.24 bits per heavy atom. The van der Waals surface area contributed by atoms with Gasteiger partial charge in [-0.05, 0) is 56.9 Å². The van der Waals surface area contributed by atoms with Crippen molar-refractivity contribution >= 4 is 0 Å². The number of fused-ring (bicyclic) bond motifs is 2. The van der Waals surface area contributed by atoms with Crippen LogP contribution in [0.3, 0.4) is 0 Å². The van der Waals surface area contributed by atoms with Crippen LogP contribution < -0.4 is 5.32 Å². The second-order valence-electron chi connectivity index (χ2n) is 6.62. The van der Waals surface area contributed by atoms with Crippen molar-refractivity contribution in [2.75, 3.05) is 19.6 Å². The van der Waals surface area contributed by atoms with E-state index in [1.54, 1.807) is 6.42 Å². The zero-order valence-corrected chi connectivity index (χ0v) is 11.5. The van der Waals surface area contributed by atoms with Gasteiger partial charge >= 0.3 is 0 Å². The SMILES string of the molecule is CCNC1CCN(C(C)C2CC3CCC2C3)C1. The van der Waals surface area contributed by atoms with Gasteiger partial charge in [-0.15, -0.1) is 0 Å². The number of nitrogens with one attached hydrogen (secondary N) is 1. The van der Waals surface area contributed by atoms with E-state index in [4.69, 9.17) is 0 Å². The summed E-state index contributed by atoms with van der Waals surface area (Å²) in [6, 6.07) is 1.61. The Morgan fingerprint density at radius 2 is 2.12 bits per heavy atom. The van der Waals surface area contributed by atoms with E-state index < -0.39 is 0 Å². The third kappa shape index (κ3) is 2.26. The fourth-order valence-electron chi connectivity index (χ4n) is 4.77. The molecule has 0 aromatic rings. The van der Waals surface area contributed by atoms with Gasteiger partial charge in [-0.2, -0.15) is 0 Å². The molecule has 98 valence electrons. The largest absolute Gasteiger partial charge is 0.313 e. The van der Waals surface area contributed by atoms with Crippen LogP contribution in [-0.4, -0.2) is 36.6 Å². The molecule has 1 saturated heterocycles. The molecule has 0 aromatic carbocycles. The normalized spacial score (nSPS) is 43.4. The van der Waals surface area contributed by atoms with Crippen LogP contribution in [-0.2, 0) is 0 Å². The average molecular weight is 236 g/mol. The van der Waals surface area contributed by atoms with Crippen molar-refractivity contribution in [3.05, 3.63) is 0 Å². The second kappa shape index (κ2) is 4.89. The first-order valence-electron chi connectivity index (χ1n) is 7.75. The summed E-state index contributed by atoms with van der Waals surface area (Å²) < 4.78 is 0. The molecule has 2 aliphatic carbocycles. The Bertz CT molecular complexity index is 266. The summed E-state index contributed by atoms with van der Waals surface area (Å²) >= 11 is 0. The summed E-state index contributed by atoms with van der Waals surface area (Å²) in [5.74, 6) is 3.20. The number of likely N-dealkylation sites (N-methyl/N-ethyl adjacent to an activating group) is 1. The van der Waals surface area contributed by atoms with Gasteiger partial charge in [-0.1, -0.05) is 13.3 Å². The minimum atomic E-state index is 0.765. The van der Waals surface area contributed by atoms with E-state index in [-0.39, 0.29) is 0 Å². The minimum absolute atomic E-state index is 0.765. The Kier molecular flexibility index (Phi) is 3.45. The van der Waals surface area contributed by atoms with E-state index in [1.165, 1.54) is 38.8 Å². The van der Waals surface area contributed by atoms with Gasteiger partial charge in [-0.25, -0.2) is 0 Å². The maximum Gasteiger partial charge on any atom is 0.0207 e. The molecule has 1 N–H and O–H groups in total. The molecule has 5 unspecified atom stereocenters. The maximum atomic E-state index is 3.61. The predicted octanol–water partition coefficient (Wildman–Crippen LogP) is 2.49. The minimum Gasteiger partial charge on any atom is -0.313 e. The van der Waals surface area contributed by atoms with Crippen LogP contribution in [0.5, 0.6) is 0 Å². The molecule has 0 amide bonds. The first-order valence-corrected chi connectivity index (χ1v) is 7.75. The van der Waals surface area contributed by atoms with Gasteiger partial charge in [0.1, 0.15) is 0 Å². The number of hydrogen-bond acceptors (Lipinski definition) is 2. The van der Waals surface area contributed by atoms with Crippen molar-refractivity contribution < 1.29 is 0 Å². The lowest BCUT2D eigenvalue weighted by Crippen LogP contribution is -2.41. The molecule has 2 saturated carbocycles. The summed E-state index contributed by atoms with van der Waals surface area (Å²) in [4.78, 5) is 2.76. The molecule has 3 fully saturated rings. The van der Waals surface area contributed by atoms with E-state index in [9.17, 15) is 0 Å². The molecule has 3 rings (SSSR count). The van der Waals surface area contributed by atoms with Crippen LogP contribution in [0.15, 0.2) is 0 Å². The lowest BCUT2D eigenvalue weighted by molar-refractivity contribution is 0.142. The summed E-state index contributed by atoms with van der Waals surface area (Å²) in [5.41, 5.74) is 0. The van der Waals surface area contributed by atoms with Crippen LogP contribution in [0, 0.1) is 17.8 Å². The van der Waals surface area contributed by atoms with Crippen LogP contribution in [0.2, 0.25) is 0 Å². The third-order valence-corrected chi connectivity index (χ3v) is 5.70. The summed E-state index contributed by atoms with van der Waals surface area (Å²) in [6.45, 7) is 8.47. The lowest BCUT2D eigenvalue weighted by Gasteiger charge is -2.34. The number of nitrogens with zero attached hydrogens (tertiary/aromatic N) is 1. The quantitative estimate of drug-likeness (QED) is 0.807. The number of rotatable bonds is 4. The smallest absolute Gasteiger partial charge is 0.0207 e. The molecule has 17 heavy (non-hydrogen) atoms. The van der Waals surface area contributed by atoms with E-state index in [2.05, 4.69) is 24.1 Å². The Hall–Kier alpha value is -0.0800. The molecule has 2 heteroatoms. The number of likely N-dealkylation sites (tertiary alicyclic amines) is 1. The van der Waals surface area contributed by atoms with Crippen molar-refractivity contribution in [3.63, 3.8) is 0 Å². The number of hydrogen-bond donors (Lipinski definition) is 1. The Balaban J connectivity index is 1.55. The monoisotopic (exact) mass is 236 g/mol. The fourth-order valence-corrected chi connectivity index (χ4v) is 4.77. The molecule has 2 nitrogen and oxygen atoms in total. The summed E-state index contributed by atoms with van der Waals surface area (Å²) in [6.07, 6.45) is 7.52. The second-order valence-corrected chi connectivity index (χ2v) is 6.62. The van der Waals surface area contributed by atoms with E-state index in [1.807, 2.05) is 0 Å². The maximum absolute atomic E-state index is 3.61. The molecule has 0 radical (unpaired) electrons. The molecular weight excluding hydrogens is 208 g/mol. The lowest BCUT2D eigenvalue weighted by atomic mass is 9.83. The molecule has 1 aliphatic heterocycles. The topological polar surface area (TPSA) is 15.3 Å². The van der Waals surface area contributed by atoms with E-state index in [0.717, 1.165) is 36.4 Å². The van der Waals surface area contributed by atoms with Gasteiger partial charge in [0.15, 0.2) is 0 Å². The first-order chi connectivity index (χ1) is 8.28. The van der Waals surface area contributed by atoms with Crippen molar-refractivity contribution in [2.24, 2.45) is 17.8 Å². The van der Waals surface area contributed by atoms with Crippen molar-refractivity contribution in [1.29, 1.82) is 0 Å². The van der Waals surface area contributed by atoms with Crippen LogP contribution in [0.25, 0.3) is 0 Å². The van der Waals surface area contributed by atoms with Gasteiger partial charge in [-0.3, -0.25) is 4.90 Å². The first kappa shape index (κ1) is 12.0. The highest BCUT2D eigenvalue weighted by atomic mass is 15.2. The van der Waals surface area contributed by atoms with E-state index >= 15 is 0 Å². The molecule has 2 bridgehead atoms. The van der Waals surface area contributed by atoms with Gasteiger partial charge in [0, 0.05) is 25.2 Å². The van der Waals surface area contributed by atoms with Gasteiger partial charge in [0.05, 0.1) is 0 Å². The standard InChI is InChI=1S/C15H28N2/c1-3-16-14-6-7-17(10-14)11(2)15-9-12-4-5-13(15)8-12/h11-16H,3-10H2,1-2H3. The van der Waals surface area contributed by atoms with Crippen molar-refractivity contribution in [3.8, 4) is 0 Å². The Labute approximate surface area is 106 Å². The molecule has 0 spiro atoms. The summed E-state index contributed by atoms with van der Waals surface area (Å²) in [5, 5.41) is 3.61. The van der Waals surface area contributed by atoms with Crippen LogP contribution >= 0.6 is 0 Å². The van der Waals surface area contributed by atoms with Gasteiger partial charge in [0.25, 0.3) is 0 Å². The molecule has 5 atom stereocenters. The molecule has 1 heterocycles. The predicted molar refractivity (Wildman–Crippen MR) is 72.1 cm³/mol. The van der Waals surface area contributed by atoms with Crippen molar-refractivity contribution in [2.45, 2.75) is 58.0 Å². The highest BCUT2D eigenvalue weighted by molar-refractivity contribution is 4.96. The van der Waals surface area contributed by atoms with Crippen molar-refractivity contribution in [1.82, 2.24) is 10.2 Å². The molecule has 0 aromatic heterocycles. The van der Waals surface area contributed by atoms with E-state index in [0.29, 0.717) is 0 Å². The fraction of sp³-hybridized carbons (Fsp3) is 1.00. The third-order valence-electron chi connectivity index (χ3n) is 5.70. The van der Waals surface area contributed by atoms with Crippen LogP contribution in [0.1, 0.15) is 46.0 Å².